The predicted octanol–water partition coefficient (Wildman–Crippen LogP) is 2.19. The number of rotatable bonds is 6. The van der Waals surface area contributed by atoms with Crippen molar-refractivity contribution in [1.82, 2.24) is 5.32 Å². The van der Waals surface area contributed by atoms with Crippen molar-refractivity contribution >= 4 is 23.2 Å². The Balaban J connectivity index is 1.99. The first-order valence-electron chi connectivity index (χ1n) is 6.62. The highest BCUT2D eigenvalue weighted by atomic mass is 32.1. The van der Waals surface area contributed by atoms with Gasteiger partial charge in [-0.2, -0.15) is 0 Å². The molecule has 4 nitrogen and oxygen atoms in total. The molecule has 1 atom stereocenters. The quantitative estimate of drug-likeness (QED) is 0.832. The predicted molar refractivity (Wildman–Crippen MR) is 82.1 cm³/mol. The molecule has 1 heterocycles. The fraction of sp³-hybridized carbons (Fsp3) is 0.250. The number of methoxy groups -OCH3 is 1. The van der Waals surface area contributed by atoms with E-state index in [1.807, 2.05) is 47.8 Å². The lowest BCUT2D eigenvalue weighted by atomic mass is 10.1. The van der Waals surface area contributed by atoms with Gasteiger partial charge in [-0.1, -0.05) is 36.4 Å². The van der Waals surface area contributed by atoms with Gasteiger partial charge in [-0.05, 0) is 17.0 Å². The zero-order valence-corrected chi connectivity index (χ0v) is 12.6. The Hall–Kier alpha value is -2.14. The standard InChI is InChI=1S/C16H17NO3S/c1-20-16(19)14(10-12-6-3-2-4-7-12)17-15(18)11-13-8-5-9-21-13/h2-9,14H,10-11H2,1H3,(H,17,18). The lowest BCUT2D eigenvalue weighted by molar-refractivity contribution is -0.145. The maximum atomic E-state index is 12.0. The van der Waals surface area contributed by atoms with Gasteiger partial charge >= 0.3 is 5.97 Å². The average molecular weight is 303 g/mol. The molecule has 0 fully saturated rings. The van der Waals surface area contributed by atoms with Crippen LogP contribution in [0.4, 0.5) is 0 Å². The largest absolute Gasteiger partial charge is 0.467 e. The summed E-state index contributed by atoms with van der Waals surface area (Å²) in [5.74, 6) is -0.609. The number of amides is 1. The molecule has 1 unspecified atom stereocenters. The number of hydrogen-bond donors (Lipinski definition) is 1. The van der Waals surface area contributed by atoms with E-state index in [0.29, 0.717) is 6.42 Å². The summed E-state index contributed by atoms with van der Waals surface area (Å²) in [5, 5.41) is 4.67. The smallest absolute Gasteiger partial charge is 0.328 e. The van der Waals surface area contributed by atoms with Crippen LogP contribution in [-0.4, -0.2) is 25.0 Å². The molecule has 21 heavy (non-hydrogen) atoms. The van der Waals surface area contributed by atoms with Gasteiger partial charge in [0.05, 0.1) is 13.5 Å². The molecule has 110 valence electrons. The molecule has 1 aromatic carbocycles. The number of carbonyl (C=O) groups is 2. The molecule has 0 saturated heterocycles. The highest BCUT2D eigenvalue weighted by molar-refractivity contribution is 7.10. The van der Waals surface area contributed by atoms with E-state index in [1.165, 1.54) is 18.4 Å². The van der Waals surface area contributed by atoms with Gasteiger partial charge < -0.3 is 10.1 Å². The van der Waals surface area contributed by atoms with E-state index in [4.69, 9.17) is 4.74 Å². The number of ether oxygens (including phenoxy) is 1. The number of hydrogen-bond acceptors (Lipinski definition) is 4. The monoisotopic (exact) mass is 303 g/mol. The van der Waals surface area contributed by atoms with E-state index in [0.717, 1.165) is 10.4 Å². The van der Waals surface area contributed by atoms with Crippen LogP contribution in [0.2, 0.25) is 0 Å². The summed E-state index contributed by atoms with van der Waals surface area (Å²) >= 11 is 1.52. The van der Waals surface area contributed by atoms with E-state index < -0.39 is 12.0 Å². The lowest BCUT2D eigenvalue weighted by Crippen LogP contribution is -2.43. The third kappa shape index (κ3) is 4.72. The molecule has 1 amide bonds. The summed E-state index contributed by atoms with van der Waals surface area (Å²) in [6.45, 7) is 0. The van der Waals surface area contributed by atoms with Crippen LogP contribution in [0.5, 0.6) is 0 Å². The second kappa shape index (κ2) is 7.59. The van der Waals surface area contributed by atoms with Crippen LogP contribution in [0.15, 0.2) is 47.8 Å². The molecule has 0 aliphatic rings. The molecule has 0 radical (unpaired) electrons. The van der Waals surface area contributed by atoms with Crippen LogP contribution >= 0.6 is 11.3 Å². The van der Waals surface area contributed by atoms with Crippen molar-refractivity contribution in [3.63, 3.8) is 0 Å². The summed E-state index contributed by atoms with van der Waals surface area (Å²) < 4.78 is 4.77. The number of nitrogens with one attached hydrogen (secondary N) is 1. The third-order valence-electron chi connectivity index (χ3n) is 3.02. The zero-order valence-electron chi connectivity index (χ0n) is 11.7. The van der Waals surface area contributed by atoms with Crippen molar-refractivity contribution in [2.45, 2.75) is 18.9 Å². The minimum atomic E-state index is -0.662. The minimum Gasteiger partial charge on any atom is -0.467 e. The van der Waals surface area contributed by atoms with Crippen molar-refractivity contribution in [3.05, 3.63) is 58.3 Å². The Labute approximate surface area is 127 Å². The first-order valence-corrected chi connectivity index (χ1v) is 7.50. The van der Waals surface area contributed by atoms with Crippen molar-refractivity contribution in [2.75, 3.05) is 7.11 Å². The highest BCUT2D eigenvalue weighted by Gasteiger charge is 2.22. The topological polar surface area (TPSA) is 55.4 Å². The average Bonchev–Trinajstić information content (AvgIpc) is 2.99. The second-order valence-electron chi connectivity index (χ2n) is 4.59. The van der Waals surface area contributed by atoms with Crippen LogP contribution in [0.3, 0.4) is 0 Å². The Morgan fingerprint density at radius 2 is 1.95 bits per heavy atom. The molecular formula is C16H17NO3S. The molecule has 0 aliphatic heterocycles. The first kappa shape index (κ1) is 15.3. The van der Waals surface area contributed by atoms with E-state index in [9.17, 15) is 9.59 Å². The van der Waals surface area contributed by atoms with E-state index in [2.05, 4.69) is 5.32 Å². The van der Waals surface area contributed by atoms with Crippen molar-refractivity contribution < 1.29 is 14.3 Å². The molecule has 0 aliphatic carbocycles. The minimum absolute atomic E-state index is 0.177. The van der Waals surface area contributed by atoms with Crippen LogP contribution in [0, 0.1) is 0 Å². The van der Waals surface area contributed by atoms with Crippen molar-refractivity contribution in [2.24, 2.45) is 0 Å². The summed E-state index contributed by atoms with van der Waals surface area (Å²) in [6.07, 6.45) is 0.698. The molecule has 2 aromatic rings. The Morgan fingerprint density at radius 1 is 1.19 bits per heavy atom. The van der Waals surface area contributed by atoms with Gasteiger partial charge in [0.15, 0.2) is 0 Å². The second-order valence-corrected chi connectivity index (χ2v) is 5.62. The van der Waals surface area contributed by atoms with Gasteiger partial charge in [0.25, 0.3) is 0 Å². The molecule has 1 N–H and O–H groups in total. The van der Waals surface area contributed by atoms with Gasteiger partial charge in [-0.3, -0.25) is 4.79 Å². The summed E-state index contributed by atoms with van der Waals surface area (Å²) in [7, 11) is 1.33. The maximum absolute atomic E-state index is 12.0. The number of benzene rings is 1. The number of thiophene rings is 1. The fourth-order valence-electron chi connectivity index (χ4n) is 2.00. The van der Waals surface area contributed by atoms with Gasteiger partial charge in [0, 0.05) is 11.3 Å². The van der Waals surface area contributed by atoms with Crippen LogP contribution in [0.1, 0.15) is 10.4 Å². The SMILES string of the molecule is COC(=O)C(Cc1ccccc1)NC(=O)Cc1cccs1. The summed E-state index contributed by atoms with van der Waals surface area (Å²) in [4.78, 5) is 24.8. The first-order chi connectivity index (χ1) is 10.2. The maximum Gasteiger partial charge on any atom is 0.328 e. The van der Waals surface area contributed by atoms with E-state index in [-0.39, 0.29) is 12.3 Å². The van der Waals surface area contributed by atoms with Gasteiger partial charge in [0.1, 0.15) is 6.04 Å². The Morgan fingerprint density at radius 3 is 2.57 bits per heavy atom. The zero-order chi connectivity index (χ0) is 15.1. The number of esters is 1. The molecule has 0 saturated carbocycles. The highest BCUT2D eigenvalue weighted by Crippen LogP contribution is 2.10. The Bertz CT molecular complexity index is 581. The van der Waals surface area contributed by atoms with Gasteiger partial charge in [-0.25, -0.2) is 4.79 Å². The van der Waals surface area contributed by atoms with E-state index in [1.54, 1.807) is 0 Å². The van der Waals surface area contributed by atoms with Crippen LogP contribution < -0.4 is 5.32 Å². The van der Waals surface area contributed by atoms with E-state index >= 15 is 0 Å². The molecular weight excluding hydrogens is 286 g/mol. The molecule has 2 rings (SSSR count). The normalized spacial score (nSPS) is 11.7. The molecule has 0 bridgehead atoms. The summed E-state index contributed by atoms with van der Waals surface area (Å²) in [5.41, 5.74) is 0.976. The lowest BCUT2D eigenvalue weighted by Gasteiger charge is -2.16. The molecule has 5 heteroatoms. The Kier molecular flexibility index (Phi) is 5.51. The summed E-state index contributed by atoms with van der Waals surface area (Å²) in [6, 6.07) is 12.7. The molecule has 0 spiro atoms. The van der Waals surface area contributed by atoms with Crippen LogP contribution in [0.25, 0.3) is 0 Å². The van der Waals surface area contributed by atoms with Gasteiger partial charge in [0.2, 0.25) is 5.91 Å². The molecule has 1 aromatic heterocycles. The third-order valence-corrected chi connectivity index (χ3v) is 3.89. The van der Waals surface area contributed by atoms with Gasteiger partial charge in [-0.15, -0.1) is 11.3 Å². The van der Waals surface area contributed by atoms with Crippen molar-refractivity contribution in [3.8, 4) is 0 Å². The fourth-order valence-corrected chi connectivity index (χ4v) is 2.71. The van der Waals surface area contributed by atoms with Crippen LogP contribution in [-0.2, 0) is 27.2 Å². The number of carbonyl (C=O) groups excluding carboxylic acids is 2. The van der Waals surface area contributed by atoms with Crippen molar-refractivity contribution in [1.29, 1.82) is 0 Å².